The number of benzene rings is 2. The summed E-state index contributed by atoms with van der Waals surface area (Å²) in [5.41, 5.74) is 2.31. The van der Waals surface area contributed by atoms with Crippen LogP contribution in [0.3, 0.4) is 0 Å². The fraction of sp³-hybridized carbons (Fsp3) is 0.174. The van der Waals surface area contributed by atoms with Crippen molar-refractivity contribution in [2.45, 2.75) is 0 Å². The van der Waals surface area contributed by atoms with E-state index in [1.54, 1.807) is 26.8 Å². The van der Waals surface area contributed by atoms with Gasteiger partial charge in [0.25, 0.3) is 0 Å². The number of anilines is 1. The number of aromatic nitrogens is 2. The van der Waals surface area contributed by atoms with E-state index in [-0.39, 0.29) is 17.8 Å². The van der Waals surface area contributed by atoms with Gasteiger partial charge in [-0.3, -0.25) is 4.79 Å². The number of hydrogen-bond acceptors (Lipinski definition) is 3. The second-order valence-electron chi connectivity index (χ2n) is 7.14. The van der Waals surface area contributed by atoms with E-state index in [1.807, 2.05) is 36.5 Å². The lowest BCUT2D eigenvalue weighted by molar-refractivity contribution is -0.127. The lowest BCUT2D eigenvalue weighted by atomic mass is 10.2. The van der Waals surface area contributed by atoms with E-state index in [2.05, 4.69) is 10.4 Å². The van der Waals surface area contributed by atoms with Gasteiger partial charge in [0, 0.05) is 49.7 Å². The Morgan fingerprint density at radius 2 is 1.61 bits per heavy atom. The maximum absolute atomic E-state index is 13.0. The summed E-state index contributed by atoms with van der Waals surface area (Å²) in [5, 5.41) is 7.05. The van der Waals surface area contributed by atoms with Crippen LogP contribution in [0.5, 0.6) is 0 Å². The average Bonchev–Trinajstić information content (AvgIpc) is 3.29. The van der Waals surface area contributed by atoms with Crippen molar-refractivity contribution < 1.29 is 14.0 Å². The van der Waals surface area contributed by atoms with Crippen molar-refractivity contribution in [2.24, 2.45) is 0 Å². The smallest absolute Gasteiger partial charge is 0.321 e. The summed E-state index contributed by atoms with van der Waals surface area (Å²) >= 11 is 0. The van der Waals surface area contributed by atoms with Crippen LogP contribution >= 0.6 is 0 Å². The number of nitrogens with one attached hydrogen (secondary N) is 1. The molecule has 0 radical (unpaired) electrons. The number of rotatable bonds is 4. The minimum absolute atomic E-state index is 0.106. The molecule has 1 fully saturated rings. The minimum atomic E-state index is -0.356. The molecule has 2 heterocycles. The molecule has 1 saturated heterocycles. The van der Waals surface area contributed by atoms with Gasteiger partial charge < -0.3 is 15.1 Å². The SMILES string of the molecule is O=C(/C=C/c1cnn(-c2ccccc2)c1)N1CCN(C(=O)Nc2ccc(F)cc2)CC1. The molecule has 1 aliphatic rings. The Kier molecular flexibility index (Phi) is 6.07. The van der Waals surface area contributed by atoms with Crippen molar-refractivity contribution in [3.05, 3.63) is 84.4 Å². The molecular weight excluding hydrogens is 397 g/mol. The number of para-hydroxylation sites is 1. The molecule has 4 rings (SSSR count). The highest BCUT2D eigenvalue weighted by molar-refractivity contribution is 5.92. The Hall–Kier alpha value is -3.94. The van der Waals surface area contributed by atoms with Gasteiger partial charge in [0.1, 0.15) is 5.82 Å². The number of nitrogens with zero attached hydrogens (tertiary/aromatic N) is 4. The van der Waals surface area contributed by atoms with E-state index in [0.717, 1.165) is 11.3 Å². The number of amides is 3. The van der Waals surface area contributed by atoms with Crippen LogP contribution in [0.1, 0.15) is 5.56 Å². The molecule has 0 aliphatic carbocycles. The molecular formula is C23H22FN5O2. The third-order valence-corrected chi connectivity index (χ3v) is 5.02. The molecule has 3 amide bonds. The fourth-order valence-corrected chi connectivity index (χ4v) is 3.28. The van der Waals surface area contributed by atoms with Crippen molar-refractivity contribution in [3.63, 3.8) is 0 Å². The third-order valence-electron chi connectivity index (χ3n) is 5.02. The number of carbonyl (C=O) groups is 2. The maximum Gasteiger partial charge on any atom is 0.321 e. The maximum atomic E-state index is 13.0. The number of piperazine rings is 1. The topological polar surface area (TPSA) is 70.5 Å². The van der Waals surface area contributed by atoms with Gasteiger partial charge in [-0.15, -0.1) is 0 Å². The number of urea groups is 1. The molecule has 1 N–H and O–H groups in total. The zero-order valence-electron chi connectivity index (χ0n) is 16.8. The van der Waals surface area contributed by atoms with E-state index in [9.17, 15) is 14.0 Å². The van der Waals surface area contributed by atoms with Crippen LogP contribution < -0.4 is 5.32 Å². The summed E-state index contributed by atoms with van der Waals surface area (Å²) in [5.74, 6) is -0.461. The molecule has 0 atom stereocenters. The predicted molar refractivity (Wildman–Crippen MR) is 116 cm³/mol. The van der Waals surface area contributed by atoms with Gasteiger partial charge in [0.15, 0.2) is 0 Å². The Morgan fingerprint density at radius 1 is 0.935 bits per heavy atom. The summed E-state index contributed by atoms with van der Waals surface area (Å²) < 4.78 is 14.7. The first-order valence-corrected chi connectivity index (χ1v) is 9.97. The highest BCUT2D eigenvalue weighted by Crippen LogP contribution is 2.12. The highest BCUT2D eigenvalue weighted by Gasteiger charge is 2.23. The molecule has 0 spiro atoms. The van der Waals surface area contributed by atoms with E-state index in [4.69, 9.17) is 0 Å². The van der Waals surface area contributed by atoms with Gasteiger partial charge in [-0.25, -0.2) is 13.9 Å². The fourth-order valence-electron chi connectivity index (χ4n) is 3.28. The molecule has 1 aromatic heterocycles. The van der Waals surface area contributed by atoms with Gasteiger partial charge in [0.2, 0.25) is 5.91 Å². The molecule has 0 bridgehead atoms. The monoisotopic (exact) mass is 419 g/mol. The van der Waals surface area contributed by atoms with Crippen molar-refractivity contribution in [3.8, 4) is 5.69 Å². The van der Waals surface area contributed by atoms with E-state index >= 15 is 0 Å². The van der Waals surface area contributed by atoms with E-state index in [0.29, 0.717) is 31.9 Å². The zero-order valence-corrected chi connectivity index (χ0v) is 16.8. The van der Waals surface area contributed by atoms with E-state index < -0.39 is 0 Å². The third kappa shape index (κ3) is 5.16. The van der Waals surface area contributed by atoms with Crippen molar-refractivity contribution in [2.75, 3.05) is 31.5 Å². The molecule has 2 aromatic carbocycles. The Morgan fingerprint density at radius 3 is 2.32 bits per heavy atom. The lowest BCUT2D eigenvalue weighted by Crippen LogP contribution is -2.51. The average molecular weight is 419 g/mol. The second kappa shape index (κ2) is 9.25. The molecule has 0 saturated carbocycles. The predicted octanol–water partition coefficient (Wildman–Crippen LogP) is 3.40. The van der Waals surface area contributed by atoms with Gasteiger partial charge in [0.05, 0.1) is 11.9 Å². The first kappa shape index (κ1) is 20.3. The molecule has 7 nitrogen and oxygen atoms in total. The first-order chi connectivity index (χ1) is 15.1. The summed E-state index contributed by atoms with van der Waals surface area (Å²) in [6.45, 7) is 1.75. The molecule has 3 aromatic rings. The molecule has 0 unspecified atom stereocenters. The molecule has 8 heteroatoms. The van der Waals surface area contributed by atoms with Crippen LogP contribution in [0, 0.1) is 5.82 Å². The van der Waals surface area contributed by atoms with Gasteiger partial charge >= 0.3 is 6.03 Å². The number of carbonyl (C=O) groups excluding carboxylic acids is 2. The summed E-state index contributed by atoms with van der Waals surface area (Å²) in [6, 6.07) is 15.1. The Labute approximate surface area is 179 Å². The second-order valence-corrected chi connectivity index (χ2v) is 7.14. The molecule has 1 aliphatic heterocycles. The van der Waals surface area contributed by atoms with Crippen LogP contribution in [0.15, 0.2) is 73.1 Å². The van der Waals surface area contributed by atoms with Crippen molar-refractivity contribution in [1.82, 2.24) is 19.6 Å². The number of halogens is 1. The van der Waals surface area contributed by atoms with Gasteiger partial charge in [-0.2, -0.15) is 5.10 Å². The minimum Gasteiger partial charge on any atom is -0.336 e. The van der Waals surface area contributed by atoms with Crippen molar-refractivity contribution >= 4 is 23.7 Å². The van der Waals surface area contributed by atoms with Crippen LogP contribution in [0.2, 0.25) is 0 Å². The quantitative estimate of drug-likeness (QED) is 0.659. The lowest BCUT2D eigenvalue weighted by Gasteiger charge is -2.34. The van der Waals surface area contributed by atoms with Crippen LogP contribution in [-0.4, -0.2) is 57.7 Å². The van der Waals surface area contributed by atoms with Crippen LogP contribution in [0.4, 0.5) is 14.9 Å². The van der Waals surface area contributed by atoms with Crippen LogP contribution in [-0.2, 0) is 4.79 Å². The zero-order chi connectivity index (χ0) is 21.6. The normalized spacial score (nSPS) is 14.1. The number of hydrogen-bond donors (Lipinski definition) is 1. The van der Waals surface area contributed by atoms with Crippen LogP contribution in [0.25, 0.3) is 11.8 Å². The largest absolute Gasteiger partial charge is 0.336 e. The van der Waals surface area contributed by atoms with E-state index in [1.165, 1.54) is 30.3 Å². The highest BCUT2D eigenvalue weighted by atomic mass is 19.1. The van der Waals surface area contributed by atoms with Gasteiger partial charge in [-0.1, -0.05) is 18.2 Å². The molecule has 158 valence electrons. The van der Waals surface area contributed by atoms with Crippen molar-refractivity contribution in [1.29, 1.82) is 0 Å². The standard InChI is InChI=1S/C23H22FN5O2/c24-19-7-9-20(10-8-19)26-23(31)28-14-12-27(13-15-28)22(30)11-6-18-16-25-29(17-18)21-4-2-1-3-5-21/h1-11,16-17H,12-15H2,(H,26,31)/b11-6+. The Bertz CT molecular complexity index is 1070. The van der Waals surface area contributed by atoms with Gasteiger partial charge in [-0.05, 0) is 42.5 Å². The Balaban J connectivity index is 1.28. The summed E-state index contributed by atoms with van der Waals surface area (Å²) in [6.07, 6.45) is 6.83. The molecule has 31 heavy (non-hydrogen) atoms. The summed E-state index contributed by atoms with van der Waals surface area (Å²) in [4.78, 5) is 28.2. The first-order valence-electron chi connectivity index (χ1n) is 9.97. The summed E-state index contributed by atoms with van der Waals surface area (Å²) in [7, 11) is 0.